The molecule has 0 atom stereocenters. The maximum atomic E-state index is 12.7. The van der Waals surface area contributed by atoms with Gasteiger partial charge in [-0.25, -0.2) is 13.2 Å². The quantitative estimate of drug-likeness (QED) is 0.681. The number of carbonyl (C=O) groups is 2. The van der Waals surface area contributed by atoms with Crippen LogP contribution in [0.2, 0.25) is 0 Å². The van der Waals surface area contributed by atoms with Gasteiger partial charge in [-0.1, -0.05) is 12.5 Å². The number of amides is 1. The Morgan fingerprint density at radius 1 is 1.10 bits per heavy atom. The number of aromatic amines is 1. The monoisotopic (exact) mass is 419 g/mol. The van der Waals surface area contributed by atoms with Crippen LogP contribution in [0.25, 0.3) is 0 Å². The second kappa shape index (κ2) is 9.01. The van der Waals surface area contributed by atoms with Gasteiger partial charge in [-0.05, 0) is 43.2 Å². The molecular weight excluding hydrogens is 398 g/mol. The lowest BCUT2D eigenvalue weighted by molar-refractivity contribution is -0.119. The Hall–Kier alpha value is -2.98. The number of H-pyrrole nitrogens is 1. The van der Waals surface area contributed by atoms with Crippen LogP contribution in [0.1, 0.15) is 29.6 Å². The molecule has 0 bridgehead atoms. The van der Waals surface area contributed by atoms with Crippen molar-refractivity contribution in [2.45, 2.75) is 24.2 Å². The fraction of sp³-hybridized carbons (Fsp3) is 0.316. The number of esters is 1. The van der Waals surface area contributed by atoms with Crippen LogP contribution in [0.4, 0.5) is 5.69 Å². The Morgan fingerprint density at radius 3 is 2.59 bits per heavy atom. The van der Waals surface area contributed by atoms with E-state index in [0.29, 0.717) is 13.1 Å². The number of hydrogen-bond acceptors (Lipinski definition) is 6. The first-order chi connectivity index (χ1) is 13.9. The van der Waals surface area contributed by atoms with E-state index in [9.17, 15) is 22.8 Å². The van der Waals surface area contributed by atoms with Crippen LogP contribution in [0.15, 0.2) is 52.3 Å². The van der Waals surface area contributed by atoms with E-state index >= 15 is 0 Å². The summed E-state index contributed by atoms with van der Waals surface area (Å²) in [4.78, 5) is 37.9. The molecule has 10 heteroatoms. The summed E-state index contributed by atoms with van der Waals surface area (Å²) < 4.78 is 31.8. The average molecular weight is 419 g/mol. The number of ether oxygens (including phenoxy) is 1. The molecule has 0 spiro atoms. The molecule has 1 aliphatic rings. The van der Waals surface area contributed by atoms with E-state index in [0.717, 1.165) is 19.3 Å². The van der Waals surface area contributed by atoms with Gasteiger partial charge in [0, 0.05) is 25.0 Å². The van der Waals surface area contributed by atoms with Crippen LogP contribution in [-0.2, 0) is 19.6 Å². The smallest absolute Gasteiger partial charge is 0.344 e. The molecule has 154 valence electrons. The number of nitrogens with one attached hydrogen (secondary N) is 2. The maximum absolute atomic E-state index is 12.7. The zero-order valence-corrected chi connectivity index (χ0v) is 16.4. The molecule has 1 aromatic heterocycles. The van der Waals surface area contributed by atoms with Crippen LogP contribution < -0.4 is 10.9 Å². The number of sulfonamides is 1. The summed E-state index contributed by atoms with van der Waals surface area (Å²) in [6.45, 7) is 0.344. The number of pyridine rings is 1. The highest BCUT2D eigenvalue weighted by molar-refractivity contribution is 7.89. The first-order valence-corrected chi connectivity index (χ1v) is 10.6. The summed E-state index contributed by atoms with van der Waals surface area (Å²) in [5.74, 6) is -1.58. The summed E-state index contributed by atoms with van der Waals surface area (Å²) in [5.41, 5.74) is -0.565. The van der Waals surface area contributed by atoms with Crippen molar-refractivity contribution in [1.82, 2.24) is 9.29 Å². The van der Waals surface area contributed by atoms with Gasteiger partial charge in [0.2, 0.25) is 10.0 Å². The van der Waals surface area contributed by atoms with Gasteiger partial charge in [-0.2, -0.15) is 4.31 Å². The standard InChI is InChI=1S/C19H21N3O6S/c23-17(13-28-19(25)16-8-5-9-20-18(16)24)21-14-6-4-7-15(12-14)29(26,27)22-10-2-1-3-11-22/h4-9,12H,1-3,10-11,13H2,(H,20,24)(H,21,23). The fourth-order valence-electron chi connectivity index (χ4n) is 2.98. The number of rotatable bonds is 6. The van der Waals surface area contributed by atoms with Gasteiger partial charge >= 0.3 is 5.97 Å². The van der Waals surface area contributed by atoms with E-state index in [2.05, 4.69) is 10.3 Å². The molecule has 1 amide bonds. The third-order valence-corrected chi connectivity index (χ3v) is 6.34. The molecule has 2 aromatic rings. The second-order valence-corrected chi connectivity index (χ2v) is 8.47. The highest BCUT2D eigenvalue weighted by atomic mass is 32.2. The van der Waals surface area contributed by atoms with Crippen molar-refractivity contribution in [3.05, 3.63) is 58.5 Å². The molecule has 1 fully saturated rings. The van der Waals surface area contributed by atoms with Crippen molar-refractivity contribution < 1.29 is 22.7 Å². The largest absolute Gasteiger partial charge is 0.452 e. The maximum Gasteiger partial charge on any atom is 0.344 e. The van der Waals surface area contributed by atoms with Crippen LogP contribution in [-0.4, -0.2) is 49.3 Å². The molecule has 1 aliphatic heterocycles. The first kappa shape index (κ1) is 20.7. The minimum atomic E-state index is -3.63. The van der Waals surface area contributed by atoms with E-state index in [1.165, 1.54) is 46.9 Å². The molecule has 1 saturated heterocycles. The predicted molar refractivity (Wildman–Crippen MR) is 105 cm³/mol. The Labute approximate surface area is 167 Å². The average Bonchev–Trinajstić information content (AvgIpc) is 2.73. The normalized spacial score (nSPS) is 14.9. The Bertz CT molecular complexity index is 1060. The third kappa shape index (κ3) is 5.09. The van der Waals surface area contributed by atoms with E-state index in [-0.39, 0.29) is 16.1 Å². The van der Waals surface area contributed by atoms with Crippen LogP contribution in [0.3, 0.4) is 0 Å². The minimum Gasteiger partial charge on any atom is -0.452 e. The molecule has 2 N–H and O–H groups in total. The summed E-state index contributed by atoms with van der Waals surface area (Å²) in [7, 11) is -3.63. The highest BCUT2D eigenvalue weighted by Gasteiger charge is 2.26. The van der Waals surface area contributed by atoms with Gasteiger partial charge in [0.1, 0.15) is 5.56 Å². The van der Waals surface area contributed by atoms with Gasteiger partial charge in [0.15, 0.2) is 6.61 Å². The van der Waals surface area contributed by atoms with Gasteiger partial charge < -0.3 is 15.0 Å². The molecule has 0 unspecified atom stereocenters. The number of piperidine rings is 1. The molecule has 29 heavy (non-hydrogen) atoms. The fourth-order valence-corrected chi connectivity index (χ4v) is 4.54. The lowest BCUT2D eigenvalue weighted by atomic mass is 10.2. The number of anilines is 1. The van der Waals surface area contributed by atoms with E-state index in [1.54, 1.807) is 0 Å². The van der Waals surface area contributed by atoms with Crippen LogP contribution >= 0.6 is 0 Å². The van der Waals surface area contributed by atoms with Gasteiger partial charge in [0.05, 0.1) is 4.90 Å². The highest BCUT2D eigenvalue weighted by Crippen LogP contribution is 2.22. The first-order valence-electron chi connectivity index (χ1n) is 9.13. The van der Waals surface area contributed by atoms with Crippen molar-refractivity contribution in [2.24, 2.45) is 0 Å². The van der Waals surface area contributed by atoms with Gasteiger partial charge in [0.25, 0.3) is 11.5 Å². The Balaban J connectivity index is 1.62. The topological polar surface area (TPSA) is 126 Å². The second-order valence-electron chi connectivity index (χ2n) is 6.53. The van der Waals surface area contributed by atoms with Crippen LogP contribution in [0, 0.1) is 0 Å². The summed E-state index contributed by atoms with van der Waals surface area (Å²) in [5, 5.41) is 2.49. The lowest BCUT2D eigenvalue weighted by Crippen LogP contribution is -2.35. The van der Waals surface area contributed by atoms with Gasteiger partial charge in [-0.15, -0.1) is 0 Å². The molecule has 0 radical (unpaired) electrons. The molecule has 3 rings (SSSR count). The van der Waals surface area contributed by atoms with E-state index < -0.39 is 34.1 Å². The van der Waals surface area contributed by atoms with Crippen molar-refractivity contribution in [3.8, 4) is 0 Å². The number of carbonyl (C=O) groups excluding carboxylic acids is 2. The molecule has 2 heterocycles. The van der Waals surface area contributed by atoms with Crippen molar-refractivity contribution in [1.29, 1.82) is 0 Å². The molecule has 9 nitrogen and oxygen atoms in total. The summed E-state index contributed by atoms with van der Waals surface area (Å²) >= 11 is 0. The van der Waals surface area contributed by atoms with Crippen LogP contribution in [0.5, 0.6) is 0 Å². The van der Waals surface area contributed by atoms with Crippen molar-refractivity contribution >= 4 is 27.6 Å². The zero-order valence-electron chi connectivity index (χ0n) is 15.6. The van der Waals surface area contributed by atoms with E-state index in [4.69, 9.17) is 4.74 Å². The zero-order chi connectivity index (χ0) is 20.9. The molecular formula is C19H21N3O6S. The number of nitrogens with zero attached hydrogens (tertiary/aromatic N) is 1. The molecule has 0 aliphatic carbocycles. The molecule has 1 aromatic carbocycles. The summed E-state index contributed by atoms with van der Waals surface area (Å²) in [6, 6.07) is 8.66. The van der Waals surface area contributed by atoms with Gasteiger partial charge in [-0.3, -0.25) is 9.59 Å². The van der Waals surface area contributed by atoms with Crippen molar-refractivity contribution in [2.75, 3.05) is 25.0 Å². The van der Waals surface area contributed by atoms with Crippen molar-refractivity contribution in [3.63, 3.8) is 0 Å². The third-order valence-electron chi connectivity index (χ3n) is 4.44. The lowest BCUT2D eigenvalue weighted by Gasteiger charge is -2.26. The number of benzene rings is 1. The Morgan fingerprint density at radius 2 is 1.86 bits per heavy atom. The summed E-state index contributed by atoms with van der Waals surface area (Å²) in [6.07, 6.45) is 4.03. The number of hydrogen-bond donors (Lipinski definition) is 2. The van der Waals surface area contributed by atoms with E-state index in [1.807, 2.05) is 0 Å². The minimum absolute atomic E-state index is 0.0880. The predicted octanol–water partition coefficient (Wildman–Crippen LogP) is 1.34. The SMILES string of the molecule is O=C(COC(=O)c1ccc[nH]c1=O)Nc1cccc(S(=O)(=O)N2CCCCC2)c1. The molecule has 0 saturated carbocycles. The Kier molecular flexibility index (Phi) is 6.45. The number of aromatic nitrogens is 1.